The minimum absolute atomic E-state index is 0.166. The number of carbonyl (C=O) groups is 2. The summed E-state index contributed by atoms with van der Waals surface area (Å²) < 4.78 is 5.38. The maximum atomic E-state index is 12.8. The Hall–Kier alpha value is -2.46. The molecule has 2 aliphatic heterocycles. The molecule has 0 spiro atoms. The summed E-state index contributed by atoms with van der Waals surface area (Å²) in [6.45, 7) is 0.750. The molecule has 4 rings (SSSR count). The Kier molecular flexibility index (Phi) is 3.05. The fraction of sp³-hybridized carbons (Fsp3) is 0.222. The SMILES string of the molecule is O=C1Oc2ccccc2C(=O)C1C1NCCc2ccccc21. The normalized spacial score (nSPS) is 23.5. The lowest BCUT2D eigenvalue weighted by atomic mass is 9.81. The van der Waals surface area contributed by atoms with Gasteiger partial charge in [-0.1, -0.05) is 36.4 Å². The summed E-state index contributed by atoms with van der Waals surface area (Å²) in [5.74, 6) is -1.10. The molecule has 2 atom stereocenters. The van der Waals surface area contributed by atoms with E-state index in [0.29, 0.717) is 11.3 Å². The van der Waals surface area contributed by atoms with Gasteiger partial charge in [0.05, 0.1) is 11.6 Å². The van der Waals surface area contributed by atoms with Crippen molar-refractivity contribution >= 4 is 11.8 Å². The lowest BCUT2D eigenvalue weighted by Gasteiger charge is -2.33. The standard InChI is InChI=1S/C18H15NO3/c20-17-13-7-3-4-8-14(13)22-18(21)15(17)16-12-6-2-1-5-11(12)9-10-19-16/h1-8,15-16,19H,9-10H2. The van der Waals surface area contributed by atoms with E-state index in [4.69, 9.17) is 4.74 Å². The molecular weight excluding hydrogens is 278 g/mol. The molecule has 22 heavy (non-hydrogen) atoms. The molecule has 2 aliphatic rings. The Bertz CT molecular complexity index is 768. The minimum Gasteiger partial charge on any atom is -0.425 e. The molecule has 0 fully saturated rings. The van der Waals surface area contributed by atoms with Crippen LogP contribution in [-0.4, -0.2) is 18.3 Å². The maximum Gasteiger partial charge on any atom is 0.324 e. The summed E-state index contributed by atoms with van der Waals surface area (Å²) >= 11 is 0. The van der Waals surface area contributed by atoms with Gasteiger partial charge < -0.3 is 10.1 Å². The topological polar surface area (TPSA) is 55.4 Å². The highest BCUT2D eigenvalue weighted by molar-refractivity contribution is 6.14. The third-order valence-electron chi connectivity index (χ3n) is 4.38. The van der Waals surface area contributed by atoms with Crippen LogP contribution in [-0.2, 0) is 11.2 Å². The Morgan fingerprint density at radius 3 is 2.68 bits per heavy atom. The lowest BCUT2D eigenvalue weighted by Crippen LogP contribution is -2.45. The van der Waals surface area contributed by atoms with E-state index in [2.05, 4.69) is 11.4 Å². The number of ether oxygens (including phenoxy) is 1. The number of hydrogen-bond donors (Lipinski definition) is 1. The molecule has 2 aromatic carbocycles. The molecular formula is C18H15NO3. The summed E-state index contributed by atoms with van der Waals surface area (Å²) in [7, 11) is 0. The molecule has 0 saturated carbocycles. The van der Waals surface area contributed by atoms with Crippen molar-refractivity contribution in [1.29, 1.82) is 0 Å². The van der Waals surface area contributed by atoms with Crippen LogP contribution in [0.15, 0.2) is 48.5 Å². The smallest absolute Gasteiger partial charge is 0.324 e. The Morgan fingerprint density at radius 1 is 1.00 bits per heavy atom. The predicted molar refractivity (Wildman–Crippen MR) is 80.8 cm³/mol. The van der Waals surface area contributed by atoms with Crippen LogP contribution in [0.5, 0.6) is 5.75 Å². The fourth-order valence-electron chi connectivity index (χ4n) is 3.33. The van der Waals surface area contributed by atoms with E-state index >= 15 is 0 Å². The number of nitrogens with one attached hydrogen (secondary N) is 1. The highest BCUT2D eigenvalue weighted by Crippen LogP contribution is 2.36. The lowest BCUT2D eigenvalue weighted by molar-refractivity contribution is -0.139. The largest absolute Gasteiger partial charge is 0.425 e. The molecule has 0 amide bonds. The van der Waals surface area contributed by atoms with Crippen molar-refractivity contribution in [1.82, 2.24) is 5.32 Å². The molecule has 0 saturated heterocycles. The molecule has 2 unspecified atom stereocenters. The molecule has 4 nitrogen and oxygen atoms in total. The summed E-state index contributed by atoms with van der Waals surface area (Å²) in [4.78, 5) is 25.2. The van der Waals surface area contributed by atoms with Gasteiger partial charge in [0.1, 0.15) is 11.7 Å². The highest BCUT2D eigenvalue weighted by Gasteiger charge is 2.43. The van der Waals surface area contributed by atoms with Gasteiger partial charge in [-0.2, -0.15) is 0 Å². The average Bonchev–Trinajstić information content (AvgIpc) is 2.55. The predicted octanol–water partition coefficient (Wildman–Crippen LogP) is 2.29. The molecule has 0 bridgehead atoms. The summed E-state index contributed by atoms with van der Waals surface area (Å²) in [6, 6.07) is 14.5. The number of carbonyl (C=O) groups excluding carboxylic acids is 2. The third-order valence-corrected chi connectivity index (χ3v) is 4.38. The second kappa shape index (κ2) is 5.07. The van der Waals surface area contributed by atoms with Gasteiger partial charge in [0.15, 0.2) is 5.78 Å². The first-order valence-electron chi connectivity index (χ1n) is 7.42. The number of hydrogen-bond acceptors (Lipinski definition) is 4. The number of esters is 1. The van der Waals surface area contributed by atoms with E-state index in [1.807, 2.05) is 18.2 Å². The van der Waals surface area contributed by atoms with Crippen LogP contribution in [0.25, 0.3) is 0 Å². The second-order valence-corrected chi connectivity index (χ2v) is 5.64. The monoisotopic (exact) mass is 293 g/mol. The molecule has 0 aromatic heterocycles. The van der Waals surface area contributed by atoms with Crippen LogP contribution in [0.4, 0.5) is 0 Å². The molecule has 110 valence electrons. The van der Waals surface area contributed by atoms with Gasteiger partial charge in [-0.15, -0.1) is 0 Å². The first-order valence-corrected chi connectivity index (χ1v) is 7.42. The fourth-order valence-corrected chi connectivity index (χ4v) is 3.33. The zero-order chi connectivity index (χ0) is 15.1. The Balaban J connectivity index is 1.78. The van der Waals surface area contributed by atoms with Gasteiger partial charge in [-0.25, -0.2) is 0 Å². The van der Waals surface area contributed by atoms with Gasteiger partial charge in [0.25, 0.3) is 0 Å². The maximum absolute atomic E-state index is 12.8. The Morgan fingerprint density at radius 2 is 1.77 bits per heavy atom. The second-order valence-electron chi connectivity index (χ2n) is 5.64. The van der Waals surface area contributed by atoms with Gasteiger partial charge >= 0.3 is 5.97 Å². The van der Waals surface area contributed by atoms with Crippen molar-refractivity contribution in [2.75, 3.05) is 6.54 Å². The zero-order valence-electron chi connectivity index (χ0n) is 11.9. The van der Waals surface area contributed by atoms with Crippen LogP contribution in [0.1, 0.15) is 27.5 Å². The average molecular weight is 293 g/mol. The van der Waals surface area contributed by atoms with E-state index in [-0.39, 0.29) is 11.8 Å². The number of benzene rings is 2. The molecule has 0 aliphatic carbocycles. The van der Waals surface area contributed by atoms with Crippen molar-refractivity contribution < 1.29 is 14.3 Å². The number of Topliss-reactive ketones (excluding diaryl/α,β-unsaturated/α-hetero) is 1. The number of ketones is 1. The number of rotatable bonds is 1. The quantitative estimate of drug-likeness (QED) is 0.498. The third kappa shape index (κ3) is 1.96. The van der Waals surface area contributed by atoms with Crippen molar-refractivity contribution in [3.63, 3.8) is 0 Å². The van der Waals surface area contributed by atoms with Crippen molar-refractivity contribution in [2.24, 2.45) is 5.92 Å². The zero-order valence-corrected chi connectivity index (χ0v) is 11.9. The van der Waals surface area contributed by atoms with Crippen LogP contribution >= 0.6 is 0 Å². The van der Waals surface area contributed by atoms with Crippen molar-refractivity contribution in [3.05, 3.63) is 65.2 Å². The van der Waals surface area contributed by atoms with E-state index in [0.717, 1.165) is 18.5 Å². The van der Waals surface area contributed by atoms with E-state index in [9.17, 15) is 9.59 Å². The molecule has 2 aromatic rings. The summed E-state index contributed by atoms with van der Waals surface area (Å²) in [6.07, 6.45) is 0.902. The van der Waals surface area contributed by atoms with Gasteiger partial charge in [-0.3, -0.25) is 9.59 Å². The van der Waals surface area contributed by atoms with Crippen molar-refractivity contribution in [3.8, 4) is 5.75 Å². The van der Waals surface area contributed by atoms with Crippen LogP contribution in [0.3, 0.4) is 0 Å². The van der Waals surface area contributed by atoms with Crippen LogP contribution in [0, 0.1) is 5.92 Å². The van der Waals surface area contributed by atoms with E-state index in [1.165, 1.54) is 5.56 Å². The first-order chi connectivity index (χ1) is 10.8. The molecule has 0 radical (unpaired) electrons. The van der Waals surface area contributed by atoms with Gasteiger partial charge in [0.2, 0.25) is 0 Å². The van der Waals surface area contributed by atoms with Gasteiger partial charge in [-0.05, 0) is 36.2 Å². The molecule has 2 heterocycles. The number of para-hydroxylation sites is 1. The Labute approximate surface area is 128 Å². The number of fused-ring (bicyclic) bond motifs is 2. The molecule has 4 heteroatoms. The minimum atomic E-state index is -0.823. The van der Waals surface area contributed by atoms with E-state index in [1.54, 1.807) is 24.3 Å². The highest BCUT2D eigenvalue weighted by atomic mass is 16.5. The van der Waals surface area contributed by atoms with Crippen LogP contribution < -0.4 is 10.1 Å². The van der Waals surface area contributed by atoms with Crippen molar-refractivity contribution in [2.45, 2.75) is 12.5 Å². The van der Waals surface area contributed by atoms with Gasteiger partial charge in [0, 0.05) is 0 Å². The van der Waals surface area contributed by atoms with E-state index < -0.39 is 11.9 Å². The summed E-state index contributed by atoms with van der Waals surface area (Å²) in [5.41, 5.74) is 2.69. The van der Waals surface area contributed by atoms with Crippen LogP contribution in [0.2, 0.25) is 0 Å². The first kappa shape index (κ1) is 13.2. The summed E-state index contributed by atoms with van der Waals surface area (Å²) in [5, 5.41) is 3.31. The molecule has 1 N–H and O–H groups in total.